The number of aliphatic imine (C=N–C) groups is 1. The van der Waals surface area contributed by atoms with Crippen LogP contribution in [-0.2, 0) is 4.74 Å². The van der Waals surface area contributed by atoms with E-state index < -0.39 is 5.60 Å². The van der Waals surface area contributed by atoms with Crippen molar-refractivity contribution in [3.05, 3.63) is 29.8 Å². The second-order valence-corrected chi connectivity index (χ2v) is 9.80. The molecule has 2 atom stereocenters. The molecule has 1 aromatic rings. The molecule has 2 heterocycles. The van der Waals surface area contributed by atoms with E-state index in [1.54, 1.807) is 0 Å². The standard InChI is InChI=1S/C24H39N5O2/c1-18-8-10-21(11-9-18)28-14-12-20(17-28)27-22(25-5)26-15-19-7-6-13-29(16-19)23(30)31-24(2,3)4/h8-11,19-20H,6-7,12-17H2,1-5H3,(H2,25,26,27). The summed E-state index contributed by atoms with van der Waals surface area (Å²) in [6.07, 6.45) is 2.99. The summed E-state index contributed by atoms with van der Waals surface area (Å²) in [6.45, 7) is 12.2. The van der Waals surface area contributed by atoms with Crippen LogP contribution in [-0.4, -0.2) is 68.4 Å². The SMILES string of the molecule is CN=C(NCC1CCCN(C(=O)OC(C)(C)C)C1)NC1CCN(c2ccc(C)cc2)C1. The fourth-order valence-corrected chi connectivity index (χ4v) is 4.22. The van der Waals surface area contributed by atoms with Gasteiger partial charge in [0.15, 0.2) is 5.96 Å². The molecule has 7 nitrogen and oxygen atoms in total. The van der Waals surface area contributed by atoms with Crippen molar-refractivity contribution >= 4 is 17.7 Å². The van der Waals surface area contributed by atoms with Crippen molar-refractivity contribution < 1.29 is 9.53 Å². The van der Waals surface area contributed by atoms with E-state index in [4.69, 9.17) is 4.74 Å². The molecule has 2 fully saturated rings. The number of amides is 1. The number of hydrogen-bond acceptors (Lipinski definition) is 4. The molecule has 2 unspecified atom stereocenters. The van der Waals surface area contributed by atoms with Crippen LogP contribution in [0, 0.1) is 12.8 Å². The highest BCUT2D eigenvalue weighted by molar-refractivity contribution is 5.80. The van der Waals surface area contributed by atoms with Crippen LogP contribution in [0.4, 0.5) is 10.5 Å². The molecule has 2 aliphatic rings. The van der Waals surface area contributed by atoms with Crippen LogP contribution in [0.5, 0.6) is 0 Å². The molecule has 7 heteroatoms. The summed E-state index contributed by atoms with van der Waals surface area (Å²) in [5.41, 5.74) is 2.11. The van der Waals surface area contributed by atoms with Crippen LogP contribution < -0.4 is 15.5 Å². The van der Waals surface area contributed by atoms with Gasteiger partial charge in [-0.25, -0.2) is 4.79 Å². The van der Waals surface area contributed by atoms with E-state index >= 15 is 0 Å². The Morgan fingerprint density at radius 1 is 1.16 bits per heavy atom. The van der Waals surface area contributed by atoms with E-state index in [1.165, 1.54) is 11.3 Å². The average molecular weight is 430 g/mol. The summed E-state index contributed by atoms with van der Waals surface area (Å²) in [5.74, 6) is 1.23. The maximum Gasteiger partial charge on any atom is 0.410 e. The molecule has 31 heavy (non-hydrogen) atoms. The van der Waals surface area contributed by atoms with E-state index in [2.05, 4.69) is 51.7 Å². The number of piperidine rings is 1. The van der Waals surface area contributed by atoms with Crippen LogP contribution in [0.1, 0.15) is 45.6 Å². The zero-order chi connectivity index (χ0) is 22.4. The Labute approximate surface area is 187 Å². The number of benzene rings is 1. The molecule has 0 aliphatic carbocycles. The van der Waals surface area contributed by atoms with Gasteiger partial charge in [-0.1, -0.05) is 17.7 Å². The normalized spacial score (nSPS) is 22.4. The summed E-state index contributed by atoms with van der Waals surface area (Å²) in [4.78, 5) is 21.1. The Bertz CT molecular complexity index is 756. The number of hydrogen-bond donors (Lipinski definition) is 2. The van der Waals surface area contributed by atoms with Gasteiger partial charge in [-0.3, -0.25) is 4.99 Å². The van der Waals surface area contributed by atoms with Crippen molar-refractivity contribution in [1.82, 2.24) is 15.5 Å². The first-order valence-corrected chi connectivity index (χ1v) is 11.5. The van der Waals surface area contributed by atoms with E-state index in [9.17, 15) is 4.79 Å². The zero-order valence-corrected chi connectivity index (χ0v) is 19.8. The van der Waals surface area contributed by atoms with Crippen molar-refractivity contribution in [2.45, 2.75) is 58.6 Å². The molecule has 2 N–H and O–H groups in total. The number of anilines is 1. The van der Waals surface area contributed by atoms with E-state index in [-0.39, 0.29) is 6.09 Å². The first kappa shape index (κ1) is 23.2. The lowest BCUT2D eigenvalue weighted by Crippen LogP contribution is -2.49. The molecule has 0 aromatic heterocycles. The number of aryl methyl sites for hydroxylation is 1. The van der Waals surface area contributed by atoms with Crippen molar-refractivity contribution in [2.75, 3.05) is 44.7 Å². The van der Waals surface area contributed by atoms with Crippen molar-refractivity contribution in [3.8, 4) is 0 Å². The molecule has 0 radical (unpaired) electrons. The minimum atomic E-state index is -0.456. The number of nitrogens with one attached hydrogen (secondary N) is 2. The molecule has 0 saturated carbocycles. The third-order valence-corrected chi connectivity index (χ3v) is 5.88. The summed E-state index contributed by atoms with van der Waals surface area (Å²) >= 11 is 0. The third-order valence-electron chi connectivity index (χ3n) is 5.88. The van der Waals surface area contributed by atoms with Crippen LogP contribution in [0.25, 0.3) is 0 Å². The molecule has 172 valence electrons. The van der Waals surface area contributed by atoms with Crippen molar-refractivity contribution in [2.24, 2.45) is 10.9 Å². The van der Waals surface area contributed by atoms with Crippen LogP contribution in [0.2, 0.25) is 0 Å². The van der Waals surface area contributed by atoms with Gasteiger partial charge in [0.05, 0.1) is 0 Å². The number of likely N-dealkylation sites (tertiary alicyclic amines) is 1. The lowest BCUT2D eigenvalue weighted by atomic mass is 9.98. The Morgan fingerprint density at radius 3 is 2.58 bits per heavy atom. The van der Waals surface area contributed by atoms with Gasteiger partial charge in [0.25, 0.3) is 0 Å². The fraction of sp³-hybridized carbons (Fsp3) is 0.667. The van der Waals surface area contributed by atoms with Gasteiger partial charge >= 0.3 is 6.09 Å². The number of rotatable bonds is 4. The highest BCUT2D eigenvalue weighted by Gasteiger charge is 2.28. The van der Waals surface area contributed by atoms with Gasteiger partial charge in [-0.2, -0.15) is 0 Å². The predicted octanol–water partition coefficient (Wildman–Crippen LogP) is 3.39. The number of guanidine groups is 1. The molecule has 2 saturated heterocycles. The number of carbonyl (C=O) groups excluding carboxylic acids is 1. The monoisotopic (exact) mass is 429 g/mol. The maximum atomic E-state index is 12.4. The van der Waals surface area contributed by atoms with Crippen molar-refractivity contribution in [1.29, 1.82) is 0 Å². The van der Waals surface area contributed by atoms with Gasteiger partial charge in [-0.05, 0) is 65.0 Å². The minimum absolute atomic E-state index is 0.207. The van der Waals surface area contributed by atoms with Gasteiger partial charge in [0.1, 0.15) is 5.60 Å². The average Bonchev–Trinajstić information content (AvgIpc) is 3.19. The summed E-state index contributed by atoms with van der Waals surface area (Å²) in [6, 6.07) is 9.11. The quantitative estimate of drug-likeness (QED) is 0.567. The van der Waals surface area contributed by atoms with E-state index in [0.717, 1.165) is 57.9 Å². The van der Waals surface area contributed by atoms with Crippen LogP contribution in [0.3, 0.4) is 0 Å². The lowest BCUT2D eigenvalue weighted by Gasteiger charge is -2.34. The highest BCUT2D eigenvalue weighted by atomic mass is 16.6. The third kappa shape index (κ3) is 7.04. The van der Waals surface area contributed by atoms with Crippen molar-refractivity contribution in [3.63, 3.8) is 0 Å². The first-order valence-electron chi connectivity index (χ1n) is 11.5. The smallest absolute Gasteiger partial charge is 0.410 e. The van der Waals surface area contributed by atoms with Gasteiger partial charge in [0.2, 0.25) is 0 Å². The lowest BCUT2D eigenvalue weighted by molar-refractivity contribution is 0.0168. The Balaban J connectivity index is 1.44. The number of carbonyl (C=O) groups is 1. The van der Waals surface area contributed by atoms with Gasteiger partial charge in [-0.15, -0.1) is 0 Å². The summed E-state index contributed by atoms with van der Waals surface area (Å²) < 4.78 is 5.54. The second kappa shape index (κ2) is 10.2. The van der Waals surface area contributed by atoms with E-state index in [1.807, 2.05) is 32.7 Å². The molecule has 0 bridgehead atoms. The predicted molar refractivity (Wildman–Crippen MR) is 127 cm³/mol. The molecule has 3 rings (SSSR count). The first-order chi connectivity index (χ1) is 14.7. The van der Waals surface area contributed by atoms with E-state index in [0.29, 0.717) is 12.0 Å². The van der Waals surface area contributed by atoms with Crippen LogP contribution in [0.15, 0.2) is 29.3 Å². The molecule has 1 aromatic carbocycles. The molecular formula is C24H39N5O2. The Morgan fingerprint density at radius 2 is 1.90 bits per heavy atom. The van der Waals surface area contributed by atoms with Gasteiger partial charge < -0.3 is 25.2 Å². The van der Waals surface area contributed by atoms with Crippen LogP contribution >= 0.6 is 0 Å². The summed E-state index contributed by atoms with van der Waals surface area (Å²) in [7, 11) is 1.82. The highest BCUT2D eigenvalue weighted by Crippen LogP contribution is 2.21. The number of ether oxygens (including phenoxy) is 1. The second-order valence-electron chi connectivity index (χ2n) is 9.80. The molecule has 1 amide bonds. The Kier molecular flexibility index (Phi) is 7.68. The topological polar surface area (TPSA) is 69.2 Å². The summed E-state index contributed by atoms with van der Waals surface area (Å²) in [5, 5.41) is 7.05. The number of nitrogens with zero attached hydrogens (tertiary/aromatic N) is 3. The van der Waals surface area contributed by atoms with Gasteiger partial charge in [0, 0.05) is 51.5 Å². The maximum absolute atomic E-state index is 12.4. The largest absolute Gasteiger partial charge is 0.444 e. The molecule has 0 spiro atoms. The molecular weight excluding hydrogens is 390 g/mol. The molecule has 2 aliphatic heterocycles. The Hall–Kier alpha value is -2.44. The zero-order valence-electron chi connectivity index (χ0n) is 19.8. The minimum Gasteiger partial charge on any atom is -0.444 e. The fourth-order valence-electron chi connectivity index (χ4n) is 4.22.